The fourth-order valence-corrected chi connectivity index (χ4v) is 2.42. The first-order chi connectivity index (χ1) is 11.3. The molecule has 0 aliphatic heterocycles. The van der Waals surface area contributed by atoms with Gasteiger partial charge in [0.25, 0.3) is 0 Å². The zero-order valence-electron chi connectivity index (χ0n) is 13.6. The maximum Gasteiger partial charge on any atom is 0.00314 e. The van der Waals surface area contributed by atoms with Crippen LogP contribution in [0.5, 0.6) is 0 Å². The Bertz CT molecular complexity index is 569. The number of hydrogen-bond donors (Lipinski definition) is 0. The molecule has 0 aliphatic carbocycles. The van der Waals surface area contributed by atoms with Crippen molar-refractivity contribution in [1.82, 2.24) is 0 Å². The number of unbranched alkanes of at least 4 members (excludes halogenated alkanes) is 2. The molecular weight excluding hydrogens is 344 g/mol. The molecule has 2 aromatic carbocycles. The van der Waals surface area contributed by atoms with Gasteiger partial charge in [0.05, 0.1) is 0 Å². The van der Waals surface area contributed by atoms with E-state index in [1.54, 1.807) is 0 Å². The SMILES string of the molecule is BrCCCCC=Cc1ccccc1.C=Cc1ccccc1C=C. The molecule has 0 saturated carbocycles. The summed E-state index contributed by atoms with van der Waals surface area (Å²) in [7, 11) is 0. The van der Waals surface area contributed by atoms with Gasteiger partial charge >= 0.3 is 0 Å². The first-order valence-corrected chi connectivity index (χ1v) is 9.05. The van der Waals surface area contributed by atoms with Gasteiger partial charge < -0.3 is 0 Å². The highest BCUT2D eigenvalue weighted by atomic mass is 79.9. The van der Waals surface area contributed by atoms with Crippen molar-refractivity contribution in [2.24, 2.45) is 0 Å². The van der Waals surface area contributed by atoms with E-state index >= 15 is 0 Å². The molecule has 0 saturated heterocycles. The van der Waals surface area contributed by atoms with Crippen molar-refractivity contribution in [2.45, 2.75) is 19.3 Å². The normalized spacial score (nSPS) is 9.96. The van der Waals surface area contributed by atoms with Crippen LogP contribution in [0.3, 0.4) is 0 Å². The zero-order valence-corrected chi connectivity index (χ0v) is 15.2. The summed E-state index contributed by atoms with van der Waals surface area (Å²) in [5, 5.41) is 1.12. The lowest BCUT2D eigenvalue weighted by Gasteiger charge is -1.96. The Morgan fingerprint density at radius 1 is 0.783 bits per heavy atom. The number of halogens is 1. The fourth-order valence-electron chi connectivity index (χ4n) is 2.02. The molecule has 120 valence electrons. The van der Waals surface area contributed by atoms with E-state index in [-0.39, 0.29) is 0 Å². The molecule has 0 unspecified atom stereocenters. The Kier molecular flexibility index (Phi) is 10.6. The van der Waals surface area contributed by atoms with E-state index in [1.165, 1.54) is 24.8 Å². The monoisotopic (exact) mass is 368 g/mol. The van der Waals surface area contributed by atoms with Crippen molar-refractivity contribution < 1.29 is 0 Å². The van der Waals surface area contributed by atoms with E-state index in [2.05, 4.69) is 65.5 Å². The average molecular weight is 369 g/mol. The predicted octanol–water partition coefficient (Wildman–Crippen LogP) is 7.24. The molecule has 0 heterocycles. The van der Waals surface area contributed by atoms with Crippen molar-refractivity contribution in [3.05, 3.63) is 90.5 Å². The molecule has 0 nitrogen and oxygen atoms in total. The molecule has 0 bridgehead atoms. The third-order valence-corrected chi connectivity index (χ3v) is 3.86. The van der Waals surface area contributed by atoms with Gasteiger partial charge in [-0.3, -0.25) is 0 Å². The second-order valence-corrected chi connectivity index (χ2v) is 5.83. The lowest BCUT2D eigenvalue weighted by molar-refractivity contribution is 0.829. The van der Waals surface area contributed by atoms with Crippen LogP contribution in [-0.2, 0) is 0 Å². The summed E-state index contributed by atoms with van der Waals surface area (Å²) in [5.74, 6) is 0. The fraction of sp³-hybridized carbons (Fsp3) is 0.182. The number of rotatable bonds is 7. The summed E-state index contributed by atoms with van der Waals surface area (Å²) >= 11 is 3.42. The van der Waals surface area contributed by atoms with Crippen LogP contribution in [0.15, 0.2) is 73.8 Å². The van der Waals surface area contributed by atoms with Crippen molar-refractivity contribution in [3.8, 4) is 0 Å². The lowest BCUT2D eigenvalue weighted by atomic mass is 10.1. The van der Waals surface area contributed by atoms with Crippen molar-refractivity contribution >= 4 is 34.2 Å². The Morgan fingerprint density at radius 2 is 1.35 bits per heavy atom. The summed E-state index contributed by atoms with van der Waals surface area (Å²) < 4.78 is 0. The Morgan fingerprint density at radius 3 is 1.87 bits per heavy atom. The van der Waals surface area contributed by atoms with Crippen molar-refractivity contribution in [3.63, 3.8) is 0 Å². The largest absolute Gasteiger partial charge is 0.0984 e. The molecule has 0 fully saturated rings. The third-order valence-electron chi connectivity index (χ3n) is 3.30. The van der Waals surface area contributed by atoms with Gasteiger partial charge in [-0.25, -0.2) is 0 Å². The van der Waals surface area contributed by atoms with Crippen LogP contribution < -0.4 is 0 Å². The highest BCUT2D eigenvalue weighted by Crippen LogP contribution is 2.10. The molecule has 0 spiro atoms. The summed E-state index contributed by atoms with van der Waals surface area (Å²) in [6.45, 7) is 7.38. The van der Waals surface area contributed by atoms with Gasteiger partial charge in [0.15, 0.2) is 0 Å². The maximum absolute atomic E-state index is 3.69. The molecule has 0 N–H and O–H groups in total. The molecule has 2 aromatic rings. The molecule has 0 amide bonds. The topological polar surface area (TPSA) is 0 Å². The average Bonchev–Trinajstić information content (AvgIpc) is 2.63. The minimum atomic E-state index is 1.12. The van der Waals surface area contributed by atoms with Crippen LogP contribution in [0.4, 0.5) is 0 Å². The summed E-state index contributed by atoms with van der Waals surface area (Å²) in [4.78, 5) is 0. The molecule has 0 aromatic heterocycles. The van der Waals surface area contributed by atoms with E-state index in [4.69, 9.17) is 0 Å². The van der Waals surface area contributed by atoms with Crippen LogP contribution in [0.2, 0.25) is 0 Å². The minimum Gasteiger partial charge on any atom is -0.0984 e. The van der Waals surface area contributed by atoms with Crippen LogP contribution in [0, 0.1) is 0 Å². The highest BCUT2D eigenvalue weighted by Gasteiger charge is 1.89. The van der Waals surface area contributed by atoms with Crippen LogP contribution in [0.25, 0.3) is 18.2 Å². The van der Waals surface area contributed by atoms with Gasteiger partial charge in [-0.2, -0.15) is 0 Å². The van der Waals surface area contributed by atoms with Crippen LogP contribution >= 0.6 is 15.9 Å². The van der Waals surface area contributed by atoms with Crippen molar-refractivity contribution in [2.75, 3.05) is 5.33 Å². The second kappa shape index (κ2) is 12.7. The number of allylic oxidation sites excluding steroid dienone is 1. The predicted molar refractivity (Wildman–Crippen MR) is 110 cm³/mol. The molecule has 0 radical (unpaired) electrons. The van der Waals surface area contributed by atoms with Gasteiger partial charge in [0.1, 0.15) is 0 Å². The second-order valence-electron chi connectivity index (χ2n) is 5.03. The number of hydrogen-bond acceptors (Lipinski definition) is 0. The molecule has 0 atom stereocenters. The van der Waals surface area contributed by atoms with E-state index in [1.807, 2.05) is 42.5 Å². The van der Waals surface area contributed by atoms with Gasteiger partial charge in [0.2, 0.25) is 0 Å². The van der Waals surface area contributed by atoms with Gasteiger partial charge in [-0.1, -0.05) is 108 Å². The Hall–Kier alpha value is -1.86. The third kappa shape index (κ3) is 8.37. The number of benzene rings is 2. The van der Waals surface area contributed by atoms with Crippen LogP contribution in [0.1, 0.15) is 36.0 Å². The summed E-state index contributed by atoms with van der Waals surface area (Å²) in [6, 6.07) is 18.4. The van der Waals surface area contributed by atoms with E-state index < -0.39 is 0 Å². The van der Waals surface area contributed by atoms with Crippen LogP contribution in [-0.4, -0.2) is 5.33 Å². The molecule has 1 heteroatoms. The van der Waals surface area contributed by atoms with E-state index in [0.717, 1.165) is 16.5 Å². The smallest absolute Gasteiger partial charge is 0.00314 e. The Labute approximate surface area is 149 Å². The molecule has 0 aliphatic rings. The van der Waals surface area contributed by atoms with Crippen molar-refractivity contribution in [1.29, 1.82) is 0 Å². The number of alkyl halides is 1. The quantitative estimate of drug-likeness (QED) is 0.356. The Balaban J connectivity index is 0.000000238. The molecule has 23 heavy (non-hydrogen) atoms. The standard InChI is InChI=1S/C12H15Br.C10H10/c13-11-7-2-1-4-8-12-9-5-3-6-10-12;1-3-9-7-5-6-8-10(9)4-2/h3-6,8-10H,1-2,7,11H2;3-8H,1-2H2. The summed E-state index contributed by atoms with van der Waals surface area (Å²) in [5.41, 5.74) is 3.57. The minimum absolute atomic E-state index is 1.12. The maximum atomic E-state index is 3.69. The zero-order chi connectivity index (χ0) is 16.8. The van der Waals surface area contributed by atoms with Gasteiger partial charge in [0, 0.05) is 5.33 Å². The first-order valence-electron chi connectivity index (χ1n) is 7.93. The van der Waals surface area contributed by atoms with Gasteiger partial charge in [-0.05, 0) is 36.0 Å². The lowest BCUT2D eigenvalue weighted by Crippen LogP contribution is -1.76. The highest BCUT2D eigenvalue weighted by molar-refractivity contribution is 9.09. The molecule has 2 rings (SSSR count). The summed E-state index contributed by atoms with van der Waals surface area (Å²) in [6.07, 6.45) is 11.8. The van der Waals surface area contributed by atoms with Gasteiger partial charge in [-0.15, -0.1) is 0 Å². The van der Waals surface area contributed by atoms with E-state index in [9.17, 15) is 0 Å². The first kappa shape index (κ1) is 19.2. The molecular formula is C22H25Br. The van der Waals surface area contributed by atoms with E-state index in [0.29, 0.717) is 0 Å².